The number of aromatic nitrogens is 1. The van der Waals surface area contributed by atoms with Crippen molar-refractivity contribution in [1.82, 2.24) is 4.98 Å². The maximum Gasteiger partial charge on any atom is 0.113 e. The summed E-state index contributed by atoms with van der Waals surface area (Å²) in [7, 11) is 0. The number of fused-ring (bicyclic) bond motifs is 1. The van der Waals surface area contributed by atoms with Crippen LogP contribution in [-0.4, -0.2) is 4.98 Å². The van der Waals surface area contributed by atoms with Gasteiger partial charge in [0.05, 0.1) is 11.2 Å². The molecule has 0 bridgehead atoms. The Morgan fingerprint density at radius 1 is 1.47 bits per heavy atom. The van der Waals surface area contributed by atoms with Crippen LogP contribution in [0.3, 0.4) is 0 Å². The molecule has 1 unspecified atom stereocenters. The van der Waals surface area contributed by atoms with Crippen LogP contribution in [0.2, 0.25) is 0 Å². The molecule has 1 saturated carbocycles. The van der Waals surface area contributed by atoms with Gasteiger partial charge >= 0.3 is 0 Å². The summed E-state index contributed by atoms with van der Waals surface area (Å²) < 4.78 is 0. The highest BCUT2D eigenvalue weighted by molar-refractivity contribution is 7.12. The van der Waals surface area contributed by atoms with Crippen molar-refractivity contribution in [2.45, 2.75) is 51.0 Å². The van der Waals surface area contributed by atoms with Crippen LogP contribution >= 0.6 is 11.3 Å². The number of hydrogen-bond donors (Lipinski definition) is 1. The van der Waals surface area contributed by atoms with Gasteiger partial charge in [0.15, 0.2) is 0 Å². The second kappa shape index (κ2) is 3.29. The van der Waals surface area contributed by atoms with Gasteiger partial charge in [-0.3, -0.25) is 0 Å². The summed E-state index contributed by atoms with van der Waals surface area (Å²) in [5.41, 5.74) is 7.78. The highest BCUT2D eigenvalue weighted by Crippen LogP contribution is 2.47. The zero-order valence-corrected chi connectivity index (χ0v) is 10.1. The van der Waals surface area contributed by atoms with Crippen LogP contribution in [0.4, 0.5) is 0 Å². The average molecular weight is 222 g/mol. The van der Waals surface area contributed by atoms with Crippen molar-refractivity contribution in [2.24, 2.45) is 11.7 Å². The van der Waals surface area contributed by atoms with Gasteiger partial charge < -0.3 is 5.73 Å². The summed E-state index contributed by atoms with van der Waals surface area (Å²) in [4.78, 5) is 6.30. The van der Waals surface area contributed by atoms with Crippen molar-refractivity contribution >= 4 is 11.3 Å². The predicted molar refractivity (Wildman–Crippen MR) is 63.0 cm³/mol. The third-order valence-corrected chi connectivity index (χ3v) is 5.24. The quantitative estimate of drug-likeness (QED) is 0.853. The topological polar surface area (TPSA) is 38.9 Å². The molecule has 82 valence electrons. The Morgan fingerprint density at radius 2 is 2.27 bits per heavy atom. The summed E-state index contributed by atoms with van der Waals surface area (Å²) in [6.45, 7) is 2.20. The third kappa shape index (κ3) is 1.44. The van der Waals surface area contributed by atoms with Crippen LogP contribution in [0, 0.1) is 5.92 Å². The second-order valence-corrected chi connectivity index (χ2v) is 5.99. The van der Waals surface area contributed by atoms with Crippen molar-refractivity contribution in [3.05, 3.63) is 15.6 Å². The molecule has 0 spiro atoms. The van der Waals surface area contributed by atoms with Crippen molar-refractivity contribution in [1.29, 1.82) is 0 Å². The van der Waals surface area contributed by atoms with Crippen LogP contribution in [0.25, 0.3) is 0 Å². The Balaban J connectivity index is 1.96. The smallest absolute Gasteiger partial charge is 0.113 e. The molecule has 2 aliphatic carbocycles. The zero-order chi connectivity index (χ0) is 10.5. The number of aryl methyl sites for hydroxylation is 2. The molecule has 1 aromatic rings. The molecule has 0 amide bonds. The van der Waals surface area contributed by atoms with E-state index in [1.54, 1.807) is 0 Å². The van der Waals surface area contributed by atoms with Crippen molar-refractivity contribution in [3.8, 4) is 0 Å². The van der Waals surface area contributed by atoms with E-state index < -0.39 is 0 Å². The van der Waals surface area contributed by atoms with E-state index in [-0.39, 0.29) is 5.54 Å². The van der Waals surface area contributed by atoms with Gasteiger partial charge in [-0.05, 0) is 44.4 Å². The first-order valence-corrected chi connectivity index (χ1v) is 6.83. The Kier molecular flexibility index (Phi) is 2.15. The van der Waals surface area contributed by atoms with Crippen LogP contribution in [0.1, 0.15) is 48.2 Å². The lowest BCUT2D eigenvalue weighted by molar-refractivity contribution is 0.368. The van der Waals surface area contributed by atoms with Gasteiger partial charge in [0.25, 0.3) is 0 Å². The largest absolute Gasteiger partial charge is 0.319 e. The minimum atomic E-state index is -0.102. The molecule has 0 aromatic carbocycles. The molecule has 1 atom stereocenters. The van der Waals surface area contributed by atoms with E-state index in [1.165, 1.54) is 47.7 Å². The SMILES string of the molecule is CCC(N)(c1nc2c(s1)CCC2)C1CC1. The van der Waals surface area contributed by atoms with Crippen molar-refractivity contribution in [3.63, 3.8) is 0 Å². The third-order valence-electron chi connectivity index (χ3n) is 3.88. The summed E-state index contributed by atoms with van der Waals surface area (Å²) in [6, 6.07) is 0. The molecule has 1 fully saturated rings. The molecule has 0 aliphatic heterocycles. The molecule has 1 aromatic heterocycles. The Hall–Kier alpha value is -0.410. The minimum Gasteiger partial charge on any atom is -0.319 e. The number of rotatable bonds is 3. The average Bonchev–Trinajstić information content (AvgIpc) is 2.86. The van der Waals surface area contributed by atoms with E-state index in [0.717, 1.165) is 6.42 Å². The molecule has 2 aliphatic rings. The monoisotopic (exact) mass is 222 g/mol. The van der Waals surface area contributed by atoms with E-state index in [4.69, 9.17) is 10.7 Å². The molecular weight excluding hydrogens is 204 g/mol. The Bertz CT molecular complexity index is 359. The van der Waals surface area contributed by atoms with Crippen molar-refractivity contribution in [2.75, 3.05) is 0 Å². The van der Waals surface area contributed by atoms with Crippen LogP contribution in [-0.2, 0) is 18.4 Å². The lowest BCUT2D eigenvalue weighted by atomic mass is 9.92. The van der Waals surface area contributed by atoms with Gasteiger partial charge in [-0.25, -0.2) is 4.98 Å². The van der Waals surface area contributed by atoms with Crippen LogP contribution in [0.15, 0.2) is 0 Å². The molecule has 2 nitrogen and oxygen atoms in total. The van der Waals surface area contributed by atoms with Gasteiger partial charge in [-0.1, -0.05) is 6.92 Å². The van der Waals surface area contributed by atoms with Gasteiger partial charge in [0.1, 0.15) is 5.01 Å². The highest BCUT2D eigenvalue weighted by Gasteiger charge is 2.44. The maximum absolute atomic E-state index is 6.53. The van der Waals surface area contributed by atoms with E-state index in [2.05, 4.69) is 6.92 Å². The molecule has 1 heterocycles. The highest BCUT2D eigenvalue weighted by atomic mass is 32.1. The second-order valence-electron chi connectivity index (χ2n) is 4.91. The van der Waals surface area contributed by atoms with E-state index in [0.29, 0.717) is 5.92 Å². The fraction of sp³-hybridized carbons (Fsp3) is 0.750. The standard InChI is InChI=1S/C12H18N2S/c1-2-12(13,8-6-7-8)11-14-9-4-3-5-10(9)15-11/h8H,2-7,13H2,1H3. The molecule has 3 rings (SSSR count). The maximum atomic E-state index is 6.53. The molecule has 0 saturated heterocycles. The fourth-order valence-electron chi connectivity index (χ4n) is 2.60. The minimum absolute atomic E-state index is 0.102. The van der Waals surface area contributed by atoms with Crippen LogP contribution < -0.4 is 5.73 Å². The van der Waals surface area contributed by atoms with E-state index in [9.17, 15) is 0 Å². The van der Waals surface area contributed by atoms with Gasteiger partial charge in [0, 0.05) is 4.88 Å². The summed E-state index contributed by atoms with van der Waals surface area (Å²) in [5, 5.41) is 1.22. The van der Waals surface area contributed by atoms with Gasteiger partial charge in [0.2, 0.25) is 0 Å². The predicted octanol–water partition coefficient (Wildman–Crippen LogP) is 2.61. The Labute approximate surface area is 94.9 Å². The number of thiazole rings is 1. The summed E-state index contributed by atoms with van der Waals surface area (Å²) >= 11 is 1.89. The zero-order valence-electron chi connectivity index (χ0n) is 9.25. The summed E-state index contributed by atoms with van der Waals surface area (Å²) in [6.07, 6.45) is 7.34. The Morgan fingerprint density at radius 3 is 2.87 bits per heavy atom. The first-order chi connectivity index (χ1) is 7.24. The van der Waals surface area contributed by atoms with Crippen molar-refractivity contribution < 1.29 is 0 Å². The van der Waals surface area contributed by atoms with Gasteiger partial charge in [-0.15, -0.1) is 11.3 Å². The molecule has 15 heavy (non-hydrogen) atoms. The first kappa shape index (κ1) is 9.79. The van der Waals surface area contributed by atoms with E-state index in [1.807, 2.05) is 11.3 Å². The number of hydrogen-bond acceptors (Lipinski definition) is 3. The number of nitrogens with zero attached hydrogens (tertiary/aromatic N) is 1. The van der Waals surface area contributed by atoms with E-state index >= 15 is 0 Å². The molecule has 3 heteroatoms. The van der Waals surface area contributed by atoms with Crippen LogP contribution in [0.5, 0.6) is 0 Å². The fourth-order valence-corrected chi connectivity index (χ4v) is 4.00. The molecular formula is C12H18N2S. The first-order valence-electron chi connectivity index (χ1n) is 6.02. The lowest BCUT2D eigenvalue weighted by Gasteiger charge is -2.25. The lowest BCUT2D eigenvalue weighted by Crippen LogP contribution is -2.38. The normalized spacial score (nSPS) is 23.9. The number of nitrogens with two attached hydrogens (primary N) is 1. The van der Waals surface area contributed by atoms with Gasteiger partial charge in [-0.2, -0.15) is 0 Å². The summed E-state index contributed by atoms with van der Waals surface area (Å²) in [5.74, 6) is 0.703. The molecule has 0 radical (unpaired) electrons. The molecule has 2 N–H and O–H groups in total.